The fraction of sp³-hybridized carbons (Fsp3) is 0.750. The van der Waals surface area contributed by atoms with E-state index in [0.717, 1.165) is 19.4 Å². The summed E-state index contributed by atoms with van der Waals surface area (Å²) in [6.07, 6.45) is 1.94. The lowest BCUT2D eigenvalue weighted by Crippen LogP contribution is -2.41. The van der Waals surface area contributed by atoms with Crippen molar-refractivity contribution in [2.45, 2.75) is 31.8 Å². The zero-order valence-corrected chi connectivity index (χ0v) is 8.53. The van der Waals surface area contributed by atoms with E-state index in [0.29, 0.717) is 5.82 Å². The van der Waals surface area contributed by atoms with Crippen LogP contribution in [0.1, 0.15) is 31.6 Å². The molecule has 1 unspecified atom stereocenters. The molecular weight excluding hydrogens is 196 g/mol. The van der Waals surface area contributed by atoms with Crippen LogP contribution in [-0.2, 0) is 4.79 Å². The van der Waals surface area contributed by atoms with E-state index in [1.807, 2.05) is 6.92 Å². The summed E-state index contributed by atoms with van der Waals surface area (Å²) in [5.74, 6) is 0.506. The number of carbonyl (C=O) groups is 1. The van der Waals surface area contributed by atoms with E-state index < -0.39 is 0 Å². The molecule has 2 heterocycles. The summed E-state index contributed by atoms with van der Waals surface area (Å²) in [5, 5.41) is 19.4. The molecule has 1 fully saturated rings. The highest BCUT2D eigenvalue weighted by molar-refractivity contribution is 5.82. The Labute approximate surface area is 87.0 Å². The summed E-state index contributed by atoms with van der Waals surface area (Å²) in [5.41, 5.74) is 0. The summed E-state index contributed by atoms with van der Waals surface area (Å²) < 4.78 is 0. The van der Waals surface area contributed by atoms with Crippen LogP contribution in [0.5, 0.6) is 0 Å². The molecule has 0 aromatic carbocycles. The Morgan fingerprint density at radius 3 is 3.13 bits per heavy atom. The normalized spacial score (nSPS) is 22.6. The minimum atomic E-state index is -0.210. The molecule has 7 nitrogen and oxygen atoms in total. The smallest absolute Gasteiger partial charge is 0.237 e. The van der Waals surface area contributed by atoms with Gasteiger partial charge in [0.2, 0.25) is 5.91 Å². The van der Waals surface area contributed by atoms with Crippen LogP contribution < -0.4 is 10.6 Å². The van der Waals surface area contributed by atoms with Crippen LogP contribution in [-0.4, -0.2) is 39.1 Å². The lowest BCUT2D eigenvalue weighted by atomic mass is 10.2. The molecule has 3 N–H and O–H groups in total. The highest BCUT2D eigenvalue weighted by Gasteiger charge is 2.24. The van der Waals surface area contributed by atoms with Gasteiger partial charge in [-0.05, 0) is 26.3 Å². The quantitative estimate of drug-likeness (QED) is 0.602. The number of nitrogens with one attached hydrogen (secondary N) is 3. The summed E-state index contributed by atoms with van der Waals surface area (Å²) in [6, 6.07) is -0.280. The monoisotopic (exact) mass is 210 g/mol. The van der Waals surface area contributed by atoms with Crippen molar-refractivity contribution >= 4 is 5.91 Å². The molecule has 7 heteroatoms. The van der Waals surface area contributed by atoms with Crippen LogP contribution in [0.4, 0.5) is 0 Å². The number of aromatic amines is 1. The van der Waals surface area contributed by atoms with Gasteiger partial charge in [-0.3, -0.25) is 4.79 Å². The molecule has 15 heavy (non-hydrogen) atoms. The second-order valence-electron chi connectivity index (χ2n) is 3.65. The van der Waals surface area contributed by atoms with Crippen molar-refractivity contribution in [3.05, 3.63) is 5.82 Å². The topological polar surface area (TPSA) is 95.6 Å². The van der Waals surface area contributed by atoms with Crippen molar-refractivity contribution in [3.8, 4) is 0 Å². The van der Waals surface area contributed by atoms with E-state index in [-0.39, 0.29) is 18.0 Å². The molecule has 1 amide bonds. The Bertz CT molecular complexity index is 318. The van der Waals surface area contributed by atoms with Crippen molar-refractivity contribution < 1.29 is 4.79 Å². The molecule has 1 aromatic rings. The molecule has 1 aliphatic rings. The maximum absolute atomic E-state index is 11.7. The molecule has 0 spiro atoms. The first-order chi connectivity index (χ1) is 7.27. The SMILES string of the molecule is CC(NC(=O)[C@@H]1CCCN1)c1nn[nH]n1. The summed E-state index contributed by atoms with van der Waals surface area (Å²) in [7, 11) is 0. The summed E-state index contributed by atoms with van der Waals surface area (Å²) >= 11 is 0. The van der Waals surface area contributed by atoms with Crippen molar-refractivity contribution in [1.29, 1.82) is 0 Å². The van der Waals surface area contributed by atoms with Gasteiger partial charge in [0.15, 0.2) is 5.82 Å². The van der Waals surface area contributed by atoms with Crippen LogP contribution >= 0.6 is 0 Å². The maximum atomic E-state index is 11.7. The van der Waals surface area contributed by atoms with Gasteiger partial charge in [0.25, 0.3) is 0 Å². The number of H-pyrrole nitrogens is 1. The van der Waals surface area contributed by atoms with E-state index in [1.54, 1.807) is 0 Å². The van der Waals surface area contributed by atoms with E-state index in [1.165, 1.54) is 0 Å². The average molecular weight is 210 g/mol. The lowest BCUT2D eigenvalue weighted by Gasteiger charge is -2.14. The average Bonchev–Trinajstić information content (AvgIpc) is 2.91. The van der Waals surface area contributed by atoms with Gasteiger partial charge in [0.1, 0.15) is 0 Å². The minimum absolute atomic E-state index is 0.00444. The van der Waals surface area contributed by atoms with Gasteiger partial charge in [0, 0.05) is 0 Å². The van der Waals surface area contributed by atoms with E-state index in [2.05, 4.69) is 31.3 Å². The Morgan fingerprint density at radius 1 is 1.67 bits per heavy atom. The molecule has 1 aliphatic heterocycles. The predicted octanol–water partition coefficient (Wildman–Crippen LogP) is -0.871. The van der Waals surface area contributed by atoms with Crippen molar-refractivity contribution in [2.24, 2.45) is 0 Å². The molecule has 0 radical (unpaired) electrons. The lowest BCUT2D eigenvalue weighted by molar-refractivity contribution is -0.123. The standard InChI is InChI=1S/C8H14N6O/c1-5(7-11-13-14-12-7)10-8(15)6-3-2-4-9-6/h5-6,9H,2-4H2,1H3,(H,10,15)(H,11,12,13,14)/t5?,6-/m0/s1. The van der Waals surface area contributed by atoms with Crippen molar-refractivity contribution in [1.82, 2.24) is 31.3 Å². The van der Waals surface area contributed by atoms with Crippen LogP contribution in [0.2, 0.25) is 0 Å². The molecule has 2 rings (SSSR count). The largest absolute Gasteiger partial charge is 0.345 e. The van der Waals surface area contributed by atoms with Crippen LogP contribution in [0, 0.1) is 0 Å². The Morgan fingerprint density at radius 2 is 2.53 bits per heavy atom. The Balaban J connectivity index is 1.88. The van der Waals surface area contributed by atoms with Gasteiger partial charge in [-0.15, -0.1) is 10.2 Å². The van der Waals surface area contributed by atoms with Gasteiger partial charge in [0.05, 0.1) is 12.1 Å². The maximum Gasteiger partial charge on any atom is 0.237 e. The third-order valence-electron chi connectivity index (χ3n) is 2.48. The highest BCUT2D eigenvalue weighted by Crippen LogP contribution is 2.08. The zero-order chi connectivity index (χ0) is 10.7. The molecule has 0 aliphatic carbocycles. The van der Waals surface area contributed by atoms with E-state index >= 15 is 0 Å². The fourth-order valence-electron chi connectivity index (χ4n) is 1.64. The number of tetrazole rings is 1. The number of aromatic nitrogens is 4. The number of nitrogens with zero attached hydrogens (tertiary/aromatic N) is 3. The second kappa shape index (κ2) is 4.35. The van der Waals surface area contributed by atoms with Crippen molar-refractivity contribution in [2.75, 3.05) is 6.54 Å². The number of amides is 1. The summed E-state index contributed by atoms with van der Waals surface area (Å²) in [4.78, 5) is 11.7. The molecule has 82 valence electrons. The van der Waals surface area contributed by atoms with Gasteiger partial charge in [-0.2, -0.15) is 5.21 Å². The van der Waals surface area contributed by atoms with Crippen LogP contribution in [0.15, 0.2) is 0 Å². The third-order valence-corrected chi connectivity index (χ3v) is 2.48. The van der Waals surface area contributed by atoms with Crippen LogP contribution in [0.25, 0.3) is 0 Å². The van der Waals surface area contributed by atoms with Crippen molar-refractivity contribution in [3.63, 3.8) is 0 Å². The zero-order valence-electron chi connectivity index (χ0n) is 8.53. The van der Waals surface area contributed by atoms with Gasteiger partial charge >= 0.3 is 0 Å². The molecule has 1 aromatic heterocycles. The van der Waals surface area contributed by atoms with Gasteiger partial charge < -0.3 is 10.6 Å². The van der Waals surface area contributed by atoms with E-state index in [9.17, 15) is 4.79 Å². The van der Waals surface area contributed by atoms with E-state index in [4.69, 9.17) is 0 Å². The van der Waals surface area contributed by atoms with Gasteiger partial charge in [-0.25, -0.2) is 0 Å². The minimum Gasteiger partial charge on any atom is -0.345 e. The van der Waals surface area contributed by atoms with Gasteiger partial charge in [-0.1, -0.05) is 5.21 Å². The number of carbonyl (C=O) groups excluding carboxylic acids is 1. The second-order valence-corrected chi connectivity index (χ2v) is 3.65. The Kier molecular flexibility index (Phi) is 2.91. The molecular formula is C8H14N6O. The first-order valence-electron chi connectivity index (χ1n) is 5.04. The fourth-order valence-corrected chi connectivity index (χ4v) is 1.64. The number of hydrogen-bond acceptors (Lipinski definition) is 5. The number of hydrogen-bond donors (Lipinski definition) is 3. The predicted molar refractivity (Wildman–Crippen MR) is 51.8 cm³/mol. The Hall–Kier alpha value is -1.50. The first kappa shape index (κ1) is 10.0. The molecule has 2 atom stereocenters. The highest BCUT2D eigenvalue weighted by atomic mass is 16.2. The number of rotatable bonds is 3. The molecule has 0 saturated carbocycles. The third kappa shape index (κ3) is 2.30. The van der Waals surface area contributed by atoms with Crippen LogP contribution in [0.3, 0.4) is 0 Å². The summed E-state index contributed by atoms with van der Waals surface area (Å²) in [6.45, 7) is 2.74. The first-order valence-corrected chi connectivity index (χ1v) is 5.04. The molecule has 0 bridgehead atoms. The molecule has 1 saturated heterocycles.